The second-order valence-corrected chi connectivity index (χ2v) is 15.1. The monoisotopic (exact) mass is 698 g/mol. The Balaban J connectivity index is 0.911. The molecule has 12 nitrogen and oxygen atoms in total. The van der Waals surface area contributed by atoms with Gasteiger partial charge in [-0.1, -0.05) is 12.1 Å². The van der Waals surface area contributed by atoms with Gasteiger partial charge in [0.15, 0.2) is 0 Å². The van der Waals surface area contributed by atoms with Crippen LogP contribution in [0.5, 0.6) is 0 Å². The molecule has 4 aliphatic rings. The Labute approximate surface area is 297 Å². The summed E-state index contributed by atoms with van der Waals surface area (Å²) < 4.78 is 16.5. The number of benzene rings is 1. The van der Waals surface area contributed by atoms with E-state index in [4.69, 9.17) is 0 Å². The summed E-state index contributed by atoms with van der Waals surface area (Å²) >= 11 is 0. The number of amides is 3. The van der Waals surface area contributed by atoms with Gasteiger partial charge in [0.2, 0.25) is 11.8 Å². The molecule has 3 atom stereocenters. The van der Waals surface area contributed by atoms with Gasteiger partial charge in [-0.15, -0.1) is 0 Å². The first-order chi connectivity index (χ1) is 24.5. The van der Waals surface area contributed by atoms with E-state index in [0.717, 1.165) is 77.1 Å². The molecule has 1 unspecified atom stereocenters. The molecule has 0 aliphatic carbocycles. The molecule has 4 saturated heterocycles. The van der Waals surface area contributed by atoms with Crippen LogP contribution in [-0.2, 0) is 16.6 Å². The van der Waals surface area contributed by atoms with E-state index in [1.165, 1.54) is 16.3 Å². The number of likely N-dealkylation sites (N-methyl/N-ethyl adjacent to an activating group) is 1. The Morgan fingerprint density at radius 3 is 2.37 bits per heavy atom. The van der Waals surface area contributed by atoms with Crippen molar-refractivity contribution >= 4 is 29.1 Å². The fourth-order valence-corrected chi connectivity index (χ4v) is 8.51. The number of hydrogen-bond acceptors (Lipinski definition) is 9. The van der Waals surface area contributed by atoms with Crippen LogP contribution in [0.1, 0.15) is 84.0 Å². The molecular weight excluding hydrogens is 651 g/mol. The molecule has 1 spiro atoms. The molecule has 4 aliphatic heterocycles. The van der Waals surface area contributed by atoms with Gasteiger partial charge in [-0.2, -0.15) is 5.10 Å². The topological polar surface area (TPSA) is 133 Å². The fourth-order valence-electron chi connectivity index (χ4n) is 8.51. The van der Waals surface area contributed by atoms with Crippen molar-refractivity contribution in [2.75, 3.05) is 56.5 Å². The lowest BCUT2D eigenvalue weighted by Gasteiger charge is -2.47. The molecule has 3 amide bonds. The maximum atomic E-state index is 15.1. The number of imide groups is 1. The van der Waals surface area contributed by atoms with E-state index in [-0.39, 0.29) is 47.4 Å². The molecule has 51 heavy (non-hydrogen) atoms. The lowest BCUT2D eigenvalue weighted by molar-refractivity contribution is -0.134. The number of likely N-dealkylation sites (tertiary alicyclic amines) is 2. The minimum absolute atomic E-state index is 0.0698. The summed E-state index contributed by atoms with van der Waals surface area (Å²) in [5, 5.41) is 10.0. The third-order valence-electron chi connectivity index (χ3n) is 11.7. The van der Waals surface area contributed by atoms with Gasteiger partial charge in [-0.3, -0.25) is 29.5 Å². The van der Waals surface area contributed by atoms with Gasteiger partial charge in [0, 0.05) is 76.0 Å². The number of anilines is 2. The quantitative estimate of drug-likeness (QED) is 0.371. The second kappa shape index (κ2) is 14.2. The van der Waals surface area contributed by atoms with E-state index >= 15 is 4.39 Å². The molecule has 3 aromatic rings. The van der Waals surface area contributed by atoms with Gasteiger partial charge < -0.3 is 20.0 Å². The lowest BCUT2D eigenvalue weighted by Crippen LogP contribution is -2.48. The molecule has 0 bridgehead atoms. The maximum absolute atomic E-state index is 15.1. The molecule has 13 heteroatoms. The van der Waals surface area contributed by atoms with Crippen molar-refractivity contribution in [2.45, 2.75) is 69.7 Å². The summed E-state index contributed by atoms with van der Waals surface area (Å²) in [6.07, 6.45) is 8.53. The van der Waals surface area contributed by atoms with Gasteiger partial charge >= 0.3 is 0 Å². The number of carbonyl (C=O) groups is 3. The Morgan fingerprint density at radius 1 is 0.980 bits per heavy atom. The normalized spacial score (nSPS) is 24.0. The Morgan fingerprint density at radius 2 is 1.69 bits per heavy atom. The van der Waals surface area contributed by atoms with Crippen molar-refractivity contribution in [3.8, 4) is 0 Å². The van der Waals surface area contributed by atoms with Gasteiger partial charge in [-0.05, 0) is 81.5 Å². The minimum atomic E-state index is -0.746. The first-order valence-electron chi connectivity index (χ1n) is 18.1. The molecule has 7 rings (SSSR count). The number of halogens is 1. The molecule has 6 heterocycles. The number of hydrogen-bond donors (Lipinski definition) is 2. The second-order valence-electron chi connectivity index (χ2n) is 15.1. The minimum Gasteiger partial charge on any atom is -0.379 e. The number of aryl methyl sites for hydroxylation is 1. The zero-order chi connectivity index (χ0) is 35.9. The number of carbonyl (C=O) groups excluding carboxylic acids is 3. The van der Waals surface area contributed by atoms with Crippen LogP contribution in [0, 0.1) is 18.2 Å². The Bertz CT molecular complexity index is 1860. The molecule has 0 saturated carbocycles. The standard InChI is InChI=1S/C38H47FN8O4/c1-24-32(21-41-45(3)36(24)50)42-28-18-27(22-44(2)23-28)25-4-6-26(7-5-25)37(51)47-16-12-38(13-17-47)10-14-46(15-11-38)29-19-31(39)34(40-20-29)30-8-9-33(48)43-35(30)49/h4-7,19-21,27-28,30,42H,8-18,22-23H2,1-3H3,(H,43,48,49)/t27-,28+,30?/m1/s1. The number of pyridine rings is 1. The predicted molar refractivity (Wildman–Crippen MR) is 191 cm³/mol. The third-order valence-corrected chi connectivity index (χ3v) is 11.7. The molecule has 1 aromatic carbocycles. The summed E-state index contributed by atoms with van der Waals surface area (Å²) in [7, 11) is 3.77. The van der Waals surface area contributed by atoms with E-state index in [1.54, 1.807) is 19.4 Å². The van der Waals surface area contributed by atoms with Gasteiger partial charge in [-0.25, -0.2) is 9.07 Å². The van der Waals surface area contributed by atoms with E-state index in [0.29, 0.717) is 22.7 Å². The maximum Gasteiger partial charge on any atom is 0.271 e. The predicted octanol–water partition coefficient (Wildman–Crippen LogP) is 3.57. The molecule has 270 valence electrons. The van der Waals surface area contributed by atoms with Gasteiger partial charge in [0.25, 0.3) is 11.5 Å². The highest BCUT2D eigenvalue weighted by molar-refractivity contribution is 6.00. The first kappa shape index (κ1) is 34.8. The zero-order valence-corrected chi connectivity index (χ0v) is 29.7. The van der Waals surface area contributed by atoms with E-state index in [2.05, 4.69) is 49.7 Å². The Hall–Kier alpha value is -4.65. The number of aromatic nitrogens is 3. The highest BCUT2D eigenvalue weighted by Crippen LogP contribution is 2.42. The number of piperidine rings is 4. The van der Waals surface area contributed by atoms with Crippen LogP contribution in [0.15, 0.2) is 47.5 Å². The van der Waals surface area contributed by atoms with E-state index < -0.39 is 17.6 Å². The molecular formula is C38H47FN8O4. The number of rotatable bonds is 6. The number of nitrogens with one attached hydrogen (secondary N) is 2. The first-order valence-corrected chi connectivity index (χ1v) is 18.1. The SMILES string of the molecule is Cc1c(N[C@H]2C[C@@H](c3ccc(C(=O)N4CCC5(CC4)CCN(c4cnc(C6CCC(=O)NC6=O)c(F)c4)CC5)cc3)CN(C)C2)cnn(C)c1=O. The van der Waals surface area contributed by atoms with Crippen molar-refractivity contribution in [1.82, 2.24) is 29.9 Å². The molecule has 4 fully saturated rings. The lowest BCUT2D eigenvalue weighted by atomic mass is 9.71. The summed E-state index contributed by atoms with van der Waals surface area (Å²) in [5.41, 5.74) is 4.22. The van der Waals surface area contributed by atoms with Crippen molar-refractivity contribution < 1.29 is 18.8 Å². The molecule has 2 N–H and O–H groups in total. The van der Waals surface area contributed by atoms with Crippen molar-refractivity contribution in [1.29, 1.82) is 0 Å². The van der Waals surface area contributed by atoms with Crippen molar-refractivity contribution in [3.63, 3.8) is 0 Å². The van der Waals surface area contributed by atoms with E-state index in [9.17, 15) is 19.2 Å². The van der Waals surface area contributed by atoms with Crippen LogP contribution in [0.2, 0.25) is 0 Å². The van der Waals surface area contributed by atoms with Gasteiger partial charge in [0.05, 0.1) is 35.4 Å². The highest BCUT2D eigenvalue weighted by atomic mass is 19.1. The zero-order valence-electron chi connectivity index (χ0n) is 29.7. The summed E-state index contributed by atoms with van der Waals surface area (Å²) in [6.45, 7) is 6.61. The fraction of sp³-hybridized carbons (Fsp3) is 0.526. The average molecular weight is 699 g/mol. The summed E-state index contributed by atoms with van der Waals surface area (Å²) in [5.74, 6) is -1.72. The van der Waals surface area contributed by atoms with Crippen LogP contribution in [0.25, 0.3) is 0 Å². The molecule has 0 radical (unpaired) electrons. The summed E-state index contributed by atoms with van der Waals surface area (Å²) in [4.78, 5) is 60.5. The van der Waals surface area contributed by atoms with Crippen LogP contribution in [0.3, 0.4) is 0 Å². The van der Waals surface area contributed by atoms with Crippen molar-refractivity contribution in [3.05, 3.63) is 81.3 Å². The molecule has 2 aromatic heterocycles. The van der Waals surface area contributed by atoms with Crippen molar-refractivity contribution in [2.24, 2.45) is 12.5 Å². The van der Waals surface area contributed by atoms with Gasteiger partial charge in [0.1, 0.15) is 5.82 Å². The third kappa shape index (κ3) is 7.26. The number of nitrogens with zero attached hydrogens (tertiary/aromatic N) is 6. The smallest absolute Gasteiger partial charge is 0.271 e. The van der Waals surface area contributed by atoms with E-state index in [1.807, 2.05) is 24.0 Å². The van der Waals surface area contributed by atoms with Crippen LogP contribution in [0.4, 0.5) is 15.8 Å². The van der Waals surface area contributed by atoms with Crippen LogP contribution < -0.4 is 21.1 Å². The highest BCUT2D eigenvalue weighted by Gasteiger charge is 2.39. The summed E-state index contributed by atoms with van der Waals surface area (Å²) in [6, 6.07) is 9.74. The van der Waals surface area contributed by atoms with Crippen LogP contribution >= 0.6 is 0 Å². The average Bonchev–Trinajstić information content (AvgIpc) is 3.12. The Kier molecular flexibility index (Phi) is 9.66. The van der Waals surface area contributed by atoms with Crippen LogP contribution in [-0.4, -0.2) is 94.6 Å². The largest absolute Gasteiger partial charge is 0.379 e.